The van der Waals surface area contributed by atoms with E-state index in [0.717, 1.165) is 24.2 Å². The maximum absolute atomic E-state index is 11.7. The first-order chi connectivity index (χ1) is 9.65. The number of nitrogens with one attached hydrogen (secondary N) is 1. The summed E-state index contributed by atoms with van der Waals surface area (Å²) in [5.74, 6) is -1.06. The number of hydrogen-bond donors (Lipinski definition) is 2. The molecular weight excluding hydrogens is 274 g/mol. The molecule has 20 heavy (non-hydrogen) atoms. The van der Waals surface area contributed by atoms with Crippen molar-refractivity contribution in [2.75, 3.05) is 5.32 Å². The minimum atomic E-state index is -0.973. The zero-order chi connectivity index (χ0) is 14.4. The van der Waals surface area contributed by atoms with Gasteiger partial charge in [0.25, 0.3) is 0 Å². The third-order valence-corrected chi connectivity index (χ3v) is 3.78. The minimum Gasteiger partial charge on any atom is -0.477 e. The van der Waals surface area contributed by atoms with Gasteiger partial charge in [0.15, 0.2) is 0 Å². The molecule has 0 unspecified atom stereocenters. The molecular formula is C15H15NO3S. The summed E-state index contributed by atoms with van der Waals surface area (Å²) < 4.78 is 0. The fourth-order valence-corrected chi connectivity index (χ4v) is 2.58. The van der Waals surface area contributed by atoms with Crippen LogP contribution in [0.4, 0.5) is 5.00 Å². The van der Waals surface area contributed by atoms with Crippen LogP contribution >= 0.6 is 11.3 Å². The van der Waals surface area contributed by atoms with Crippen molar-refractivity contribution in [3.05, 3.63) is 52.9 Å². The highest BCUT2D eigenvalue weighted by molar-refractivity contribution is 7.18. The van der Waals surface area contributed by atoms with Gasteiger partial charge in [0.1, 0.15) is 4.88 Å². The van der Waals surface area contributed by atoms with Gasteiger partial charge in [0.2, 0.25) is 5.91 Å². The summed E-state index contributed by atoms with van der Waals surface area (Å²) in [5, 5.41) is 12.1. The zero-order valence-corrected chi connectivity index (χ0v) is 11.7. The van der Waals surface area contributed by atoms with Gasteiger partial charge in [-0.2, -0.15) is 0 Å². The van der Waals surface area contributed by atoms with Gasteiger partial charge < -0.3 is 10.4 Å². The number of carboxylic acid groups (broad SMARTS) is 1. The van der Waals surface area contributed by atoms with E-state index >= 15 is 0 Å². The monoisotopic (exact) mass is 289 g/mol. The molecule has 0 radical (unpaired) electrons. The van der Waals surface area contributed by atoms with Gasteiger partial charge >= 0.3 is 5.97 Å². The molecule has 4 nitrogen and oxygen atoms in total. The van der Waals surface area contributed by atoms with Crippen LogP contribution in [0.5, 0.6) is 0 Å². The molecule has 0 saturated carbocycles. The molecule has 5 heteroatoms. The van der Waals surface area contributed by atoms with E-state index in [1.165, 1.54) is 11.6 Å². The van der Waals surface area contributed by atoms with Crippen molar-refractivity contribution in [3.8, 4) is 0 Å². The maximum atomic E-state index is 11.7. The quantitative estimate of drug-likeness (QED) is 0.856. The Balaban J connectivity index is 1.76. The van der Waals surface area contributed by atoms with Crippen LogP contribution in [0.1, 0.15) is 28.1 Å². The summed E-state index contributed by atoms with van der Waals surface area (Å²) in [4.78, 5) is 22.7. The fraction of sp³-hybridized carbons (Fsp3) is 0.200. The first-order valence-electron chi connectivity index (χ1n) is 6.32. The second-order valence-electron chi connectivity index (χ2n) is 4.36. The number of aromatic carboxylic acids is 1. The largest absolute Gasteiger partial charge is 0.477 e. The van der Waals surface area contributed by atoms with Crippen LogP contribution in [-0.4, -0.2) is 17.0 Å². The maximum Gasteiger partial charge on any atom is 0.345 e. The van der Waals surface area contributed by atoms with Crippen LogP contribution in [0.2, 0.25) is 0 Å². The van der Waals surface area contributed by atoms with Crippen molar-refractivity contribution in [1.82, 2.24) is 0 Å². The van der Waals surface area contributed by atoms with E-state index in [9.17, 15) is 9.59 Å². The summed E-state index contributed by atoms with van der Waals surface area (Å²) in [7, 11) is 0. The normalized spacial score (nSPS) is 10.2. The predicted molar refractivity (Wildman–Crippen MR) is 79.3 cm³/mol. The molecule has 1 aromatic carbocycles. The molecule has 2 N–H and O–H groups in total. The zero-order valence-electron chi connectivity index (χ0n) is 10.8. The van der Waals surface area contributed by atoms with Gasteiger partial charge in [0.05, 0.1) is 5.00 Å². The average Bonchev–Trinajstić information content (AvgIpc) is 2.88. The summed E-state index contributed by atoms with van der Waals surface area (Å²) in [6.07, 6.45) is 2.06. The Morgan fingerprint density at radius 1 is 1.10 bits per heavy atom. The number of thiophene rings is 1. The van der Waals surface area contributed by atoms with Gasteiger partial charge in [-0.1, -0.05) is 30.3 Å². The lowest BCUT2D eigenvalue weighted by atomic mass is 10.1. The van der Waals surface area contributed by atoms with Crippen LogP contribution in [-0.2, 0) is 11.2 Å². The smallest absolute Gasteiger partial charge is 0.345 e. The van der Waals surface area contributed by atoms with Crippen molar-refractivity contribution >= 4 is 28.2 Å². The number of aryl methyl sites for hydroxylation is 1. The third-order valence-electron chi connectivity index (χ3n) is 2.79. The lowest BCUT2D eigenvalue weighted by Crippen LogP contribution is -2.10. The molecule has 0 aliphatic rings. The number of anilines is 1. The van der Waals surface area contributed by atoms with Crippen molar-refractivity contribution in [2.24, 2.45) is 0 Å². The summed E-state index contributed by atoms with van der Waals surface area (Å²) in [6.45, 7) is 0. The van der Waals surface area contributed by atoms with Crippen molar-refractivity contribution in [1.29, 1.82) is 0 Å². The van der Waals surface area contributed by atoms with E-state index in [2.05, 4.69) is 5.32 Å². The first-order valence-corrected chi connectivity index (χ1v) is 7.14. The molecule has 1 aromatic heterocycles. The van der Waals surface area contributed by atoms with E-state index < -0.39 is 5.97 Å². The van der Waals surface area contributed by atoms with Gasteiger partial charge in [-0.15, -0.1) is 11.3 Å². The van der Waals surface area contributed by atoms with Crippen molar-refractivity contribution < 1.29 is 14.7 Å². The molecule has 0 spiro atoms. The Bertz CT molecular complexity index is 592. The molecule has 0 saturated heterocycles. The van der Waals surface area contributed by atoms with E-state index in [-0.39, 0.29) is 10.8 Å². The molecule has 1 heterocycles. The molecule has 0 bridgehead atoms. The molecule has 0 aliphatic carbocycles. The van der Waals surface area contributed by atoms with Crippen LogP contribution < -0.4 is 5.32 Å². The standard InChI is InChI=1S/C15H15NO3S/c17-13(8-4-7-11-5-2-1-3-6-11)16-14-10-9-12(20-14)15(18)19/h1-3,5-6,9-10H,4,7-8H2,(H,16,17)(H,18,19). The molecule has 2 aromatic rings. The molecule has 1 amide bonds. The molecule has 104 valence electrons. The van der Waals surface area contributed by atoms with Crippen molar-refractivity contribution in [3.63, 3.8) is 0 Å². The van der Waals surface area contributed by atoms with E-state index in [1.54, 1.807) is 6.07 Å². The summed E-state index contributed by atoms with van der Waals surface area (Å²) >= 11 is 1.07. The number of carbonyl (C=O) groups excluding carboxylic acids is 1. The van der Waals surface area contributed by atoms with Gasteiger partial charge in [-0.05, 0) is 30.5 Å². The van der Waals surface area contributed by atoms with E-state index in [0.29, 0.717) is 11.4 Å². The van der Waals surface area contributed by atoms with Crippen LogP contribution in [0.25, 0.3) is 0 Å². The van der Waals surface area contributed by atoms with Gasteiger partial charge in [-0.25, -0.2) is 4.79 Å². The molecule has 0 aliphatic heterocycles. The van der Waals surface area contributed by atoms with Crippen molar-refractivity contribution in [2.45, 2.75) is 19.3 Å². The Kier molecular flexibility index (Phi) is 4.90. The highest BCUT2D eigenvalue weighted by atomic mass is 32.1. The van der Waals surface area contributed by atoms with E-state index in [1.807, 2.05) is 30.3 Å². The topological polar surface area (TPSA) is 66.4 Å². The molecule has 0 atom stereocenters. The lowest BCUT2D eigenvalue weighted by Gasteiger charge is -2.03. The number of rotatable bonds is 6. The molecule has 2 rings (SSSR count). The Hall–Kier alpha value is -2.14. The van der Waals surface area contributed by atoms with Crippen LogP contribution in [0, 0.1) is 0 Å². The number of hydrogen-bond acceptors (Lipinski definition) is 3. The lowest BCUT2D eigenvalue weighted by molar-refractivity contribution is -0.116. The second-order valence-corrected chi connectivity index (χ2v) is 5.44. The predicted octanol–water partition coefficient (Wildman–Crippen LogP) is 3.41. The second kappa shape index (κ2) is 6.86. The fourth-order valence-electron chi connectivity index (χ4n) is 1.82. The van der Waals surface area contributed by atoms with Gasteiger partial charge in [-0.3, -0.25) is 4.79 Å². The average molecular weight is 289 g/mol. The number of amides is 1. The minimum absolute atomic E-state index is 0.0836. The number of carboxylic acids is 1. The highest BCUT2D eigenvalue weighted by Crippen LogP contribution is 2.22. The third kappa shape index (κ3) is 4.20. The number of carbonyl (C=O) groups is 2. The van der Waals surface area contributed by atoms with Gasteiger partial charge in [0, 0.05) is 6.42 Å². The first kappa shape index (κ1) is 14.3. The van der Waals surface area contributed by atoms with Crippen LogP contribution in [0.3, 0.4) is 0 Å². The number of benzene rings is 1. The highest BCUT2D eigenvalue weighted by Gasteiger charge is 2.09. The summed E-state index contributed by atoms with van der Waals surface area (Å²) in [5.41, 5.74) is 1.21. The Labute approximate surface area is 121 Å². The molecule has 0 fully saturated rings. The SMILES string of the molecule is O=C(CCCc1ccccc1)Nc1ccc(C(=O)O)s1. The summed E-state index contributed by atoms with van der Waals surface area (Å²) in [6, 6.07) is 13.1. The van der Waals surface area contributed by atoms with E-state index in [4.69, 9.17) is 5.11 Å². The Morgan fingerprint density at radius 2 is 1.85 bits per heavy atom. The Morgan fingerprint density at radius 3 is 2.50 bits per heavy atom. The van der Waals surface area contributed by atoms with Crippen LogP contribution in [0.15, 0.2) is 42.5 Å².